The van der Waals surface area contributed by atoms with Gasteiger partial charge in [0.15, 0.2) is 0 Å². The molecule has 2 aromatic rings. The van der Waals surface area contributed by atoms with Gasteiger partial charge in [0.1, 0.15) is 0 Å². The average Bonchev–Trinajstić information content (AvgIpc) is 2.34. The smallest absolute Gasteiger partial charge is 0.256 e. The number of nitrogens with one attached hydrogen (secondary N) is 1. The van der Waals surface area contributed by atoms with Crippen molar-refractivity contribution in [1.82, 2.24) is 0 Å². The molecule has 0 aromatic heterocycles. The monoisotopic (exact) mass is 435 g/mol. The molecule has 0 aliphatic heterocycles. The topological polar surface area (TPSA) is 29.1 Å². The zero-order chi connectivity index (χ0) is 13.1. The Labute approximate surface area is 132 Å². The van der Waals surface area contributed by atoms with Gasteiger partial charge in [-0.05, 0) is 68.9 Å². The fourth-order valence-electron chi connectivity index (χ4n) is 1.43. The number of halogens is 3. The molecule has 0 radical (unpaired) electrons. The van der Waals surface area contributed by atoms with E-state index < -0.39 is 0 Å². The number of amides is 1. The Kier molecular flexibility index (Phi) is 4.64. The maximum absolute atomic E-state index is 12.1. The molecule has 2 aromatic carbocycles. The molecule has 0 unspecified atom stereocenters. The second-order valence-corrected chi connectivity index (χ2v) is 6.01. The van der Waals surface area contributed by atoms with Crippen molar-refractivity contribution in [2.45, 2.75) is 0 Å². The predicted molar refractivity (Wildman–Crippen MR) is 86.3 cm³/mol. The van der Waals surface area contributed by atoms with Crippen LogP contribution in [0.3, 0.4) is 0 Å². The van der Waals surface area contributed by atoms with E-state index in [2.05, 4.69) is 43.8 Å². The third-order valence-electron chi connectivity index (χ3n) is 2.30. The lowest BCUT2D eigenvalue weighted by atomic mass is 10.2. The second kappa shape index (κ2) is 6.04. The van der Waals surface area contributed by atoms with E-state index >= 15 is 0 Å². The minimum absolute atomic E-state index is 0.150. The van der Waals surface area contributed by atoms with Crippen LogP contribution in [0.5, 0.6) is 0 Å². The molecule has 0 fully saturated rings. The van der Waals surface area contributed by atoms with Crippen LogP contribution in [0, 0.1) is 3.57 Å². The van der Waals surface area contributed by atoms with Crippen LogP contribution < -0.4 is 5.32 Å². The van der Waals surface area contributed by atoms with E-state index in [1.54, 1.807) is 24.3 Å². The number of hydrogen-bond donors (Lipinski definition) is 1. The molecular formula is C13H8BrClINO. The second-order valence-electron chi connectivity index (χ2n) is 3.56. The van der Waals surface area contributed by atoms with Gasteiger partial charge in [-0.15, -0.1) is 0 Å². The van der Waals surface area contributed by atoms with Gasteiger partial charge in [-0.1, -0.05) is 23.7 Å². The fraction of sp³-hybridized carbons (Fsp3) is 0. The van der Waals surface area contributed by atoms with Crippen LogP contribution in [-0.4, -0.2) is 5.91 Å². The molecule has 0 bridgehead atoms. The molecule has 2 rings (SSSR count). The lowest BCUT2D eigenvalue weighted by Gasteiger charge is -2.09. The third kappa shape index (κ3) is 3.24. The fourth-order valence-corrected chi connectivity index (χ4v) is 2.58. The van der Waals surface area contributed by atoms with Gasteiger partial charge in [0, 0.05) is 13.1 Å². The van der Waals surface area contributed by atoms with Gasteiger partial charge in [-0.25, -0.2) is 0 Å². The largest absolute Gasteiger partial charge is 0.321 e. The third-order valence-corrected chi connectivity index (χ3v) is 4.16. The maximum Gasteiger partial charge on any atom is 0.256 e. The maximum atomic E-state index is 12.1. The highest BCUT2D eigenvalue weighted by Gasteiger charge is 2.11. The molecule has 0 saturated carbocycles. The zero-order valence-corrected chi connectivity index (χ0v) is 13.6. The SMILES string of the molecule is O=C(Nc1cc(Cl)ccc1Br)c1ccccc1I. The standard InChI is InChI=1S/C13H8BrClINO/c14-10-6-5-8(15)7-12(10)17-13(18)9-3-1-2-4-11(9)16/h1-7H,(H,17,18). The first-order valence-electron chi connectivity index (χ1n) is 5.09. The van der Waals surface area contributed by atoms with Crippen LogP contribution >= 0.6 is 50.1 Å². The molecule has 5 heteroatoms. The molecule has 0 heterocycles. The van der Waals surface area contributed by atoms with Crippen LogP contribution in [-0.2, 0) is 0 Å². The molecule has 2 nitrogen and oxygen atoms in total. The highest BCUT2D eigenvalue weighted by atomic mass is 127. The minimum Gasteiger partial charge on any atom is -0.321 e. The van der Waals surface area contributed by atoms with Crippen molar-refractivity contribution in [2.24, 2.45) is 0 Å². The summed E-state index contributed by atoms with van der Waals surface area (Å²) in [6, 6.07) is 12.7. The molecular weight excluding hydrogens is 428 g/mol. The summed E-state index contributed by atoms with van der Waals surface area (Å²) in [5.74, 6) is -0.150. The van der Waals surface area contributed by atoms with Gasteiger partial charge in [0.05, 0.1) is 11.3 Å². The normalized spacial score (nSPS) is 10.2. The first-order valence-corrected chi connectivity index (χ1v) is 7.34. The molecule has 0 aliphatic rings. The van der Waals surface area contributed by atoms with Crippen molar-refractivity contribution in [3.05, 3.63) is 61.1 Å². The molecule has 0 aliphatic carbocycles. The Morgan fingerprint density at radius 3 is 2.67 bits per heavy atom. The van der Waals surface area contributed by atoms with Gasteiger partial charge >= 0.3 is 0 Å². The lowest BCUT2D eigenvalue weighted by molar-refractivity contribution is 0.102. The molecule has 1 N–H and O–H groups in total. The van der Waals surface area contributed by atoms with Crippen molar-refractivity contribution in [3.8, 4) is 0 Å². The minimum atomic E-state index is -0.150. The zero-order valence-electron chi connectivity index (χ0n) is 9.08. The predicted octanol–water partition coefficient (Wildman–Crippen LogP) is 4.96. The number of benzene rings is 2. The number of hydrogen-bond acceptors (Lipinski definition) is 1. The summed E-state index contributed by atoms with van der Waals surface area (Å²) in [5.41, 5.74) is 1.30. The molecule has 18 heavy (non-hydrogen) atoms. The van der Waals surface area contributed by atoms with Crippen molar-refractivity contribution < 1.29 is 4.79 Å². The highest BCUT2D eigenvalue weighted by molar-refractivity contribution is 14.1. The van der Waals surface area contributed by atoms with Gasteiger partial charge in [-0.2, -0.15) is 0 Å². The molecule has 92 valence electrons. The molecule has 0 atom stereocenters. The van der Waals surface area contributed by atoms with Gasteiger partial charge in [-0.3, -0.25) is 4.79 Å². The van der Waals surface area contributed by atoms with Gasteiger partial charge < -0.3 is 5.32 Å². The summed E-state index contributed by atoms with van der Waals surface area (Å²) < 4.78 is 1.71. The highest BCUT2D eigenvalue weighted by Crippen LogP contribution is 2.26. The van der Waals surface area contributed by atoms with E-state index in [1.165, 1.54) is 0 Å². The van der Waals surface area contributed by atoms with E-state index in [1.807, 2.05) is 18.2 Å². The van der Waals surface area contributed by atoms with Crippen molar-refractivity contribution >= 4 is 61.7 Å². The number of carbonyl (C=O) groups excluding carboxylic acids is 1. The Morgan fingerprint density at radius 1 is 1.22 bits per heavy atom. The Morgan fingerprint density at radius 2 is 1.94 bits per heavy atom. The van der Waals surface area contributed by atoms with Crippen LogP contribution in [0.1, 0.15) is 10.4 Å². The van der Waals surface area contributed by atoms with Crippen molar-refractivity contribution in [2.75, 3.05) is 5.32 Å². The summed E-state index contributed by atoms with van der Waals surface area (Å²) in [6.07, 6.45) is 0. The molecule has 0 spiro atoms. The first-order chi connectivity index (χ1) is 8.58. The molecule has 1 amide bonds. The quantitative estimate of drug-likeness (QED) is 0.663. The summed E-state index contributed by atoms with van der Waals surface area (Å²) in [7, 11) is 0. The number of carbonyl (C=O) groups is 1. The van der Waals surface area contributed by atoms with E-state index in [0.29, 0.717) is 16.3 Å². The number of anilines is 1. The average molecular weight is 436 g/mol. The summed E-state index contributed by atoms with van der Waals surface area (Å²) >= 11 is 11.4. The Hall–Kier alpha value is -0.590. The van der Waals surface area contributed by atoms with Crippen LogP contribution in [0.4, 0.5) is 5.69 Å². The van der Waals surface area contributed by atoms with Crippen LogP contribution in [0.15, 0.2) is 46.9 Å². The summed E-state index contributed by atoms with van der Waals surface area (Å²) in [6.45, 7) is 0. The Bertz CT molecular complexity index is 603. The van der Waals surface area contributed by atoms with Crippen LogP contribution in [0.2, 0.25) is 5.02 Å². The van der Waals surface area contributed by atoms with E-state index in [4.69, 9.17) is 11.6 Å². The summed E-state index contributed by atoms with van der Waals surface area (Å²) in [5, 5.41) is 3.41. The van der Waals surface area contributed by atoms with Crippen molar-refractivity contribution in [3.63, 3.8) is 0 Å². The number of rotatable bonds is 2. The van der Waals surface area contributed by atoms with Crippen LogP contribution in [0.25, 0.3) is 0 Å². The summed E-state index contributed by atoms with van der Waals surface area (Å²) in [4.78, 5) is 12.1. The Balaban J connectivity index is 2.27. The van der Waals surface area contributed by atoms with E-state index in [9.17, 15) is 4.79 Å². The van der Waals surface area contributed by atoms with E-state index in [-0.39, 0.29) is 5.91 Å². The lowest BCUT2D eigenvalue weighted by Crippen LogP contribution is -2.13. The van der Waals surface area contributed by atoms with E-state index in [0.717, 1.165) is 8.04 Å². The van der Waals surface area contributed by atoms with Gasteiger partial charge in [0.2, 0.25) is 0 Å². The first kappa shape index (κ1) is 13.8. The van der Waals surface area contributed by atoms with Gasteiger partial charge in [0.25, 0.3) is 5.91 Å². The van der Waals surface area contributed by atoms with Crippen molar-refractivity contribution in [1.29, 1.82) is 0 Å². The molecule has 0 saturated heterocycles.